The van der Waals surface area contributed by atoms with Gasteiger partial charge in [0.1, 0.15) is 0 Å². The fraction of sp³-hybridized carbons (Fsp3) is 0.300. The van der Waals surface area contributed by atoms with Crippen molar-refractivity contribution in [3.63, 3.8) is 0 Å². The van der Waals surface area contributed by atoms with E-state index in [9.17, 15) is 13.8 Å². The van der Waals surface area contributed by atoms with Crippen molar-refractivity contribution in [3.8, 4) is 0 Å². The van der Waals surface area contributed by atoms with Crippen molar-refractivity contribution in [1.29, 1.82) is 0 Å². The maximum absolute atomic E-state index is 12.2. The Labute approximate surface area is 166 Å². The van der Waals surface area contributed by atoms with Crippen LogP contribution in [-0.2, 0) is 20.3 Å². The largest absolute Gasteiger partial charge is 0.452 e. The van der Waals surface area contributed by atoms with Gasteiger partial charge in [-0.25, -0.2) is 4.79 Å². The van der Waals surface area contributed by atoms with Crippen LogP contribution in [0.15, 0.2) is 58.3 Å². The van der Waals surface area contributed by atoms with Gasteiger partial charge >= 0.3 is 5.97 Å². The number of hydrogen-bond acceptors (Lipinski definition) is 5. The van der Waals surface area contributed by atoms with Crippen molar-refractivity contribution in [1.82, 2.24) is 5.32 Å². The Kier molecular flexibility index (Phi) is 8.54. The normalized spacial score (nSPS) is 11.6. The highest BCUT2D eigenvalue weighted by atomic mass is 32.2. The van der Waals surface area contributed by atoms with E-state index in [1.807, 2.05) is 31.2 Å². The molecule has 27 heavy (non-hydrogen) atoms. The second-order valence-electron chi connectivity index (χ2n) is 5.72. The molecule has 0 unspecified atom stereocenters. The molecule has 0 aliphatic heterocycles. The van der Waals surface area contributed by atoms with Gasteiger partial charge in [0.2, 0.25) is 0 Å². The van der Waals surface area contributed by atoms with Gasteiger partial charge < -0.3 is 10.1 Å². The highest BCUT2D eigenvalue weighted by molar-refractivity contribution is 7.99. The SMILES string of the molecule is CC[S@](=O)c1ccccc1C(=O)OCC(=O)NCCSc1ccc(C)cc1. The third-order valence-corrected chi connectivity index (χ3v) is 6.05. The van der Waals surface area contributed by atoms with Crippen LogP contribution in [0.3, 0.4) is 0 Å². The lowest BCUT2D eigenvalue weighted by atomic mass is 10.2. The predicted octanol–water partition coefficient (Wildman–Crippen LogP) is 3.19. The first-order valence-electron chi connectivity index (χ1n) is 8.62. The molecule has 0 aliphatic carbocycles. The molecular formula is C20H23NO4S2. The molecule has 0 fully saturated rings. The van der Waals surface area contributed by atoms with Crippen LogP contribution in [0, 0.1) is 6.92 Å². The van der Waals surface area contributed by atoms with E-state index >= 15 is 0 Å². The monoisotopic (exact) mass is 405 g/mol. The van der Waals surface area contributed by atoms with Gasteiger partial charge in [-0.2, -0.15) is 0 Å². The van der Waals surface area contributed by atoms with Gasteiger partial charge in [0.15, 0.2) is 6.61 Å². The summed E-state index contributed by atoms with van der Waals surface area (Å²) in [4.78, 5) is 25.6. The van der Waals surface area contributed by atoms with Crippen molar-refractivity contribution in [2.24, 2.45) is 0 Å². The zero-order chi connectivity index (χ0) is 19.6. The smallest absolute Gasteiger partial charge is 0.339 e. The third kappa shape index (κ3) is 6.84. The first kappa shape index (κ1) is 21.2. The molecule has 2 rings (SSSR count). The number of rotatable bonds is 9. The second-order valence-corrected chi connectivity index (χ2v) is 8.59. The lowest BCUT2D eigenvalue weighted by molar-refractivity contribution is -0.124. The average molecular weight is 406 g/mol. The molecule has 5 nitrogen and oxygen atoms in total. The Bertz CT molecular complexity index is 806. The van der Waals surface area contributed by atoms with E-state index in [0.717, 1.165) is 10.6 Å². The third-order valence-electron chi connectivity index (χ3n) is 3.66. The minimum atomic E-state index is -1.27. The van der Waals surface area contributed by atoms with Crippen molar-refractivity contribution in [2.45, 2.75) is 23.6 Å². The molecular weight excluding hydrogens is 382 g/mol. The number of thioether (sulfide) groups is 1. The summed E-state index contributed by atoms with van der Waals surface area (Å²) in [5, 5.41) is 2.72. The van der Waals surface area contributed by atoms with E-state index in [-0.39, 0.29) is 18.1 Å². The fourth-order valence-corrected chi connectivity index (χ4v) is 3.95. The molecule has 0 radical (unpaired) electrons. The number of carbonyl (C=O) groups is 2. The van der Waals surface area contributed by atoms with Gasteiger partial charge in [-0.1, -0.05) is 36.8 Å². The first-order chi connectivity index (χ1) is 13.0. The molecule has 0 saturated heterocycles. The molecule has 0 bridgehead atoms. The van der Waals surface area contributed by atoms with Gasteiger partial charge in [0.05, 0.1) is 21.3 Å². The Morgan fingerprint density at radius 2 is 1.81 bits per heavy atom. The predicted molar refractivity (Wildman–Crippen MR) is 109 cm³/mol. The molecule has 0 heterocycles. The minimum absolute atomic E-state index is 0.236. The van der Waals surface area contributed by atoms with Crippen LogP contribution < -0.4 is 5.32 Å². The number of benzene rings is 2. The number of aryl methyl sites for hydroxylation is 1. The molecule has 0 aliphatic rings. The van der Waals surface area contributed by atoms with Crippen LogP contribution in [0.25, 0.3) is 0 Å². The van der Waals surface area contributed by atoms with E-state index in [0.29, 0.717) is 17.2 Å². The van der Waals surface area contributed by atoms with E-state index in [1.165, 1.54) is 5.56 Å². The van der Waals surface area contributed by atoms with Crippen LogP contribution >= 0.6 is 11.8 Å². The van der Waals surface area contributed by atoms with Crippen molar-refractivity contribution < 1.29 is 18.5 Å². The lowest BCUT2D eigenvalue weighted by Crippen LogP contribution is -2.30. The van der Waals surface area contributed by atoms with E-state index in [1.54, 1.807) is 43.0 Å². The molecule has 2 aromatic carbocycles. The summed E-state index contributed by atoms with van der Waals surface area (Å²) in [6, 6.07) is 14.8. The van der Waals surface area contributed by atoms with Crippen molar-refractivity contribution >= 4 is 34.4 Å². The molecule has 144 valence electrons. The Hall–Kier alpha value is -2.12. The van der Waals surface area contributed by atoms with E-state index < -0.39 is 16.8 Å². The zero-order valence-electron chi connectivity index (χ0n) is 15.4. The van der Waals surface area contributed by atoms with Gasteiger partial charge in [0.25, 0.3) is 5.91 Å². The number of carbonyl (C=O) groups excluding carboxylic acids is 2. The van der Waals surface area contributed by atoms with Crippen LogP contribution in [-0.4, -0.2) is 40.7 Å². The molecule has 1 amide bonds. The molecule has 0 spiro atoms. The van der Waals surface area contributed by atoms with Crippen LogP contribution in [0.5, 0.6) is 0 Å². The molecule has 0 saturated carbocycles. The molecule has 1 atom stereocenters. The second kappa shape index (κ2) is 10.9. The Morgan fingerprint density at radius 3 is 2.52 bits per heavy atom. The summed E-state index contributed by atoms with van der Waals surface area (Å²) in [5.74, 6) is 0.128. The van der Waals surface area contributed by atoms with E-state index in [4.69, 9.17) is 4.74 Å². The number of ether oxygens (including phenoxy) is 1. The lowest BCUT2D eigenvalue weighted by Gasteiger charge is -2.09. The summed E-state index contributed by atoms with van der Waals surface area (Å²) in [6.45, 7) is 3.93. The van der Waals surface area contributed by atoms with Crippen LogP contribution in [0.4, 0.5) is 0 Å². The van der Waals surface area contributed by atoms with Crippen LogP contribution in [0.1, 0.15) is 22.8 Å². The Morgan fingerprint density at radius 1 is 1.11 bits per heavy atom. The van der Waals surface area contributed by atoms with Crippen molar-refractivity contribution in [2.75, 3.05) is 24.7 Å². The van der Waals surface area contributed by atoms with Crippen LogP contribution in [0.2, 0.25) is 0 Å². The quantitative estimate of drug-likeness (QED) is 0.394. The van der Waals surface area contributed by atoms with Gasteiger partial charge in [-0.05, 0) is 31.2 Å². The minimum Gasteiger partial charge on any atom is -0.452 e. The number of amides is 1. The van der Waals surface area contributed by atoms with Gasteiger partial charge in [-0.15, -0.1) is 11.8 Å². The topological polar surface area (TPSA) is 72.5 Å². The number of hydrogen-bond donors (Lipinski definition) is 1. The summed E-state index contributed by atoms with van der Waals surface area (Å²) >= 11 is 1.64. The highest BCUT2D eigenvalue weighted by Gasteiger charge is 2.17. The standard InChI is InChI=1S/C20H23NO4S2/c1-3-27(24)18-7-5-4-6-17(18)20(23)25-14-19(22)21-12-13-26-16-10-8-15(2)9-11-16/h4-11H,3,12-14H2,1-2H3,(H,21,22)/t27-/m0/s1. The number of nitrogens with one attached hydrogen (secondary N) is 1. The average Bonchev–Trinajstić information content (AvgIpc) is 2.70. The van der Waals surface area contributed by atoms with E-state index in [2.05, 4.69) is 5.32 Å². The van der Waals surface area contributed by atoms with Gasteiger partial charge in [-0.3, -0.25) is 9.00 Å². The summed E-state index contributed by atoms with van der Waals surface area (Å²) < 4.78 is 17.1. The zero-order valence-corrected chi connectivity index (χ0v) is 17.0. The summed E-state index contributed by atoms with van der Waals surface area (Å²) in [7, 11) is -1.27. The maximum atomic E-state index is 12.2. The van der Waals surface area contributed by atoms with Crippen molar-refractivity contribution in [3.05, 3.63) is 59.7 Å². The van der Waals surface area contributed by atoms with Gasteiger partial charge in [0, 0.05) is 22.9 Å². The fourth-order valence-electron chi connectivity index (χ4n) is 2.24. The summed E-state index contributed by atoms with van der Waals surface area (Å²) in [5.41, 5.74) is 1.44. The first-order valence-corrected chi connectivity index (χ1v) is 10.9. The molecule has 7 heteroatoms. The molecule has 0 aromatic heterocycles. The maximum Gasteiger partial charge on any atom is 0.339 e. The molecule has 2 aromatic rings. The Balaban J connectivity index is 1.74. The summed E-state index contributed by atoms with van der Waals surface area (Å²) in [6.07, 6.45) is 0. The highest BCUT2D eigenvalue weighted by Crippen LogP contribution is 2.17. The molecule has 1 N–H and O–H groups in total. The number of esters is 1.